The van der Waals surface area contributed by atoms with Crippen LogP contribution in [-0.4, -0.2) is 9.97 Å². The van der Waals surface area contributed by atoms with Gasteiger partial charge in [0.2, 0.25) is 0 Å². The Morgan fingerprint density at radius 3 is 2.32 bits per heavy atom. The van der Waals surface area contributed by atoms with E-state index in [1.807, 2.05) is 30.7 Å². The van der Waals surface area contributed by atoms with Crippen molar-refractivity contribution in [3.05, 3.63) is 84.3 Å². The van der Waals surface area contributed by atoms with Crippen LogP contribution in [-0.2, 0) is 0 Å². The predicted molar refractivity (Wildman–Crippen MR) is 93.0 cm³/mol. The lowest BCUT2D eigenvalue weighted by molar-refractivity contribution is 1.36. The molecular formula is C20H18N2. The number of rotatable bonds is 0. The van der Waals surface area contributed by atoms with Crippen LogP contribution in [0.5, 0.6) is 0 Å². The fraction of sp³-hybridized carbons (Fsp3) is 0.100. The Hall–Kier alpha value is -2.74. The van der Waals surface area contributed by atoms with Crippen LogP contribution < -0.4 is 0 Å². The highest BCUT2D eigenvalue weighted by Crippen LogP contribution is 2.13. The summed E-state index contributed by atoms with van der Waals surface area (Å²) in [6.45, 7) is 4.17. The van der Waals surface area contributed by atoms with Crippen molar-refractivity contribution in [2.24, 2.45) is 0 Å². The normalized spacial score (nSPS) is 10.3. The minimum absolute atomic E-state index is 1.08. The SMILES string of the molecule is Cc1ccc2cccnc2c1.Cc1ccc2cnccc2c1. The highest BCUT2D eigenvalue weighted by Gasteiger charge is 1.91. The average molecular weight is 286 g/mol. The van der Waals surface area contributed by atoms with E-state index in [1.165, 1.54) is 27.3 Å². The van der Waals surface area contributed by atoms with Crippen molar-refractivity contribution in [1.82, 2.24) is 9.97 Å². The van der Waals surface area contributed by atoms with E-state index in [0.29, 0.717) is 0 Å². The minimum Gasteiger partial charge on any atom is -0.264 e. The summed E-state index contributed by atoms with van der Waals surface area (Å²) in [4.78, 5) is 8.28. The lowest BCUT2D eigenvalue weighted by Gasteiger charge is -1.96. The molecule has 108 valence electrons. The van der Waals surface area contributed by atoms with E-state index < -0.39 is 0 Å². The third kappa shape index (κ3) is 3.29. The monoisotopic (exact) mass is 286 g/mol. The first-order chi connectivity index (χ1) is 10.7. The van der Waals surface area contributed by atoms with Crippen LogP contribution in [0.1, 0.15) is 11.1 Å². The second-order valence-electron chi connectivity index (χ2n) is 5.43. The van der Waals surface area contributed by atoms with Crippen molar-refractivity contribution >= 4 is 21.7 Å². The number of benzene rings is 2. The Kier molecular flexibility index (Phi) is 4.10. The van der Waals surface area contributed by atoms with Crippen LogP contribution in [0.4, 0.5) is 0 Å². The van der Waals surface area contributed by atoms with E-state index in [9.17, 15) is 0 Å². The van der Waals surface area contributed by atoms with Crippen molar-refractivity contribution in [2.45, 2.75) is 13.8 Å². The van der Waals surface area contributed by atoms with Crippen LogP contribution in [0.3, 0.4) is 0 Å². The van der Waals surface area contributed by atoms with E-state index in [-0.39, 0.29) is 0 Å². The third-order valence-electron chi connectivity index (χ3n) is 3.56. The van der Waals surface area contributed by atoms with Gasteiger partial charge in [-0.3, -0.25) is 9.97 Å². The maximum absolute atomic E-state index is 4.24. The Morgan fingerprint density at radius 1 is 0.682 bits per heavy atom. The number of hydrogen-bond donors (Lipinski definition) is 0. The van der Waals surface area contributed by atoms with Crippen molar-refractivity contribution in [3.63, 3.8) is 0 Å². The molecule has 0 N–H and O–H groups in total. The van der Waals surface area contributed by atoms with Crippen LogP contribution in [0.15, 0.2) is 73.2 Å². The summed E-state index contributed by atoms with van der Waals surface area (Å²) >= 11 is 0. The molecule has 0 atom stereocenters. The second kappa shape index (κ2) is 6.35. The molecular weight excluding hydrogens is 268 g/mol. The molecule has 0 fully saturated rings. The number of aromatic nitrogens is 2. The van der Waals surface area contributed by atoms with Gasteiger partial charge in [0.15, 0.2) is 0 Å². The van der Waals surface area contributed by atoms with Crippen LogP contribution >= 0.6 is 0 Å². The second-order valence-corrected chi connectivity index (χ2v) is 5.43. The molecule has 0 aliphatic rings. The number of nitrogens with zero attached hydrogens (tertiary/aromatic N) is 2. The van der Waals surface area contributed by atoms with Crippen LogP contribution in [0.2, 0.25) is 0 Å². The van der Waals surface area contributed by atoms with Gasteiger partial charge in [0.05, 0.1) is 5.52 Å². The molecule has 0 amide bonds. The van der Waals surface area contributed by atoms with Gasteiger partial charge in [-0.1, -0.05) is 42.0 Å². The summed E-state index contributed by atoms with van der Waals surface area (Å²) in [6.07, 6.45) is 5.53. The van der Waals surface area contributed by atoms with Gasteiger partial charge in [-0.2, -0.15) is 0 Å². The molecule has 4 rings (SSSR count). The molecule has 2 heteroatoms. The summed E-state index contributed by atoms with van der Waals surface area (Å²) in [5, 5.41) is 3.68. The average Bonchev–Trinajstić information content (AvgIpc) is 2.55. The fourth-order valence-electron chi connectivity index (χ4n) is 2.38. The Balaban J connectivity index is 0.000000131. The summed E-state index contributed by atoms with van der Waals surface area (Å²) in [7, 11) is 0. The molecule has 0 saturated carbocycles. The van der Waals surface area contributed by atoms with E-state index in [4.69, 9.17) is 0 Å². The Morgan fingerprint density at radius 2 is 1.45 bits per heavy atom. The van der Waals surface area contributed by atoms with Gasteiger partial charge >= 0.3 is 0 Å². The molecule has 0 saturated heterocycles. The standard InChI is InChI=1S/2C10H9N/c1-8-2-3-10-7-11-5-4-9(10)6-8;1-8-4-5-9-3-2-6-11-10(9)7-8/h2*2-7H,1H3. The quantitative estimate of drug-likeness (QED) is 0.450. The predicted octanol–water partition coefficient (Wildman–Crippen LogP) is 5.09. The molecule has 2 heterocycles. The van der Waals surface area contributed by atoms with Crippen LogP contribution in [0.25, 0.3) is 21.7 Å². The Labute approximate surface area is 130 Å². The number of fused-ring (bicyclic) bond motifs is 2. The highest BCUT2D eigenvalue weighted by atomic mass is 14.6. The molecule has 2 nitrogen and oxygen atoms in total. The van der Waals surface area contributed by atoms with E-state index in [2.05, 4.69) is 66.3 Å². The third-order valence-corrected chi connectivity index (χ3v) is 3.56. The van der Waals surface area contributed by atoms with E-state index in [0.717, 1.165) is 5.52 Å². The lowest BCUT2D eigenvalue weighted by Crippen LogP contribution is -1.77. The maximum Gasteiger partial charge on any atom is 0.0704 e. The molecule has 0 aliphatic carbocycles. The minimum atomic E-state index is 1.08. The molecule has 0 bridgehead atoms. The van der Waals surface area contributed by atoms with Crippen molar-refractivity contribution in [3.8, 4) is 0 Å². The summed E-state index contributed by atoms with van der Waals surface area (Å²) in [6, 6.07) is 18.7. The largest absolute Gasteiger partial charge is 0.264 e. The molecule has 0 aliphatic heterocycles. The number of aryl methyl sites for hydroxylation is 2. The van der Waals surface area contributed by atoms with Crippen molar-refractivity contribution in [2.75, 3.05) is 0 Å². The zero-order chi connectivity index (χ0) is 15.4. The lowest BCUT2D eigenvalue weighted by atomic mass is 10.1. The van der Waals surface area contributed by atoms with Gasteiger partial charge in [0.1, 0.15) is 0 Å². The number of hydrogen-bond acceptors (Lipinski definition) is 2. The van der Waals surface area contributed by atoms with Crippen LogP contribution in [0, 0.1) is 13.8 Å². The zero-order valence-electron chi connectivity index (χ0n) is 12.8. The van der Waals surface area contributed by atoms with Gasteiger partial charge in [-0.05, 0) is 43.0 Å². The van der Waals surface area contributed by atoms with Crippen molar-refractivity contribution in [1.29, 1.82) is 0 Å². The van der Waals surface area contributed by atoms with Crippen molar-refractivity contribution < 1.29 is 0 Å². The van der Waals surface area contributed by atoms with Gasteiger partial charge in [-0.25, -0.2) is 0 Å². The van der Waals surface area contributed by atoms with Gasteiger partial charge < -0.3 is 0 Å². The van der Waals surface area contributed by atoms with Gasteiger partial charge in [0.25, 0.3) is 0 Å². The smallest absolute Gasteiger partial charge is 0.0704 e. The molecule has 22 heavy (non-hydrogen) atoms. The zero-order valence-corrected chi connectivity index (χ0v) is 12.8. The topological polar surface area (TPSA) is 25.8 Å². The molecule has 0 radical (unpaired) electrons. The van der Waals surface area contributed by atoms with E-state index >= 15 is 0 Å². The fourth-order valence-corrected chi connectivity index (χ4v) is 2.38. The highest BCUT2D eigenvalue weighted by molar-refractivity contribution is 5.82. The molecule has 0 unspecified atom stereocenters. The summed E-state index contributed by atoms with van der Waals surface area (Å²) < 4.78 is 0. The summed E-state index contributed by atoms with van der Waals surface area (Å²) in [5.74, 6) is 0. The first-order valence-corrected chi connectivity index (χ1v) is 7.34. The molecule has 2 aromatic heterocycles. The van der Waals surface area contributed by atoms with Gasteiger partial charge in [-0.15, -0.1) is 0 Å². The Bertz CT molecular complexity index is 836. The first kappa shape index (κ1) is 14.2. The first-order valence-electron chi connectivity index (χ1n) is 7.34. The molecule has 2 aromatic carbocycles. The number of pyridine rings is 2. The molecule has 4 aromatic rings. The molecule has 0 spiro atoms. The van der Waals surface area contributed by atoms with E-state index in [1.54, 1.807) is 0 Å². The maximum atomic E-state index is 4.24. The van der Waals surface area contributed by atoms with Gasteiger partial charge in [0, 0.05) is 29.4 Å². The summed E-state index contributed by atoms with van der Waals surface area (Å²) in [5.41, 5.74) is 3.63.